The molecular weight excluding hydrogens is 192 g/mol. The molecule has 15 heavy (non-hydrogen) atoms. The average molecular weight is 214 g/mol. The highest BCUT2D eigenvalue weighted by Gasteiger charge is 2.50. The monoisotopic (exact) mass is 214 g/mol. The van der Waals surface area contributed by atoms with Crippen molar-refractivity contribution in [3.63, 3.8) is 0 Å². The first-order chi connectivity index (χ1) is 7.19. The predicted octanol–water partition coefficient (Wildman–Crippen LogP) is -0.336. The zero-order chi connectivity index (χ0) is 10.9. The molecule has 0 saturated carbocycles. The van der Waals surface area contributed by atoms with Crippen LogP contribution < -0.4 is 5.73 Å². The fourth-order valence-electron chi connectivity index (χ4n) is 2.91. The van der Waals surface area contributed by atoms with Crippen molar-refractivity contribution in [2.45, 2.75) is 18.9 Å². The van der Waals surface area contributed by atoms with Gasteiger partial charge >= 0.3 is 0 Å². The van der Waals surface area contributed by atoms with E-state index in [0.717, 1.165) is 19.8 Å². The third-order valence-electron chi connectivity index (χ3n) is 4.11. The Morgan fingerprint density at radius 2 is 2.33 bits per heavy atom. The molecule has 0 aliphatic carbocycles. The van der Waals surface area contributed by atoms with Crippen molar-refractivity contribution in [2.75, 3.05) is 40.0 Å². The third kappa shape index (κ3) is 1.91. The minimum Gasteiger partial charge on any atom is -0.395 e. The molecule has 0 aromatic carbocycles. The van der Waals surface area contributed by atoms with E-state index in [9.17, 15) is 5.11 Å². The number of nitrogens with two attached hydrogens (primary N) is 1. The summed E-state index contributed by atoms with van der Waals surface area (Å²) >= 11 is 0. The molecule has 4 nitrogen and oxygen atoms in total. The Morgan fingerprint density at radius 1 is 1.60 bits per heavy atom. The van der Waals surface area contributed by atoms with Gasteiger partial charge < -0.3 is 20.5 Å². The van der Waals surface area contributed by atoms with Crippen molar-refractivity contribution in [1.82, 2.24) is 4.90 Å². The Balaban J connectivity index is 2.04. The van der Waals surface area contributed by atoms with Gasteiger partial charge in [0, 0.05) is 18.0 Å². The Bertz CT molecular complexity index is 219. The highest BCUT2D eigenvalue weighted by atomic mass is 16.5. The number of aliphatic hydroxyl groups excluding tert-OH is 1. The van der Waals surface area contributed by atoms with Crippen molar-refractivity contribution >= 4 is 0 Å². The summed E-state index contributed by atoms with van der Waals surface area (Å²) in [4.78, 5) is 2.36. The van der Waals surface area contributed by atoms with Gasteiger partial charge in [-0.15, -0.1) is 0 Å². The van der Waals surface area contributed by atoms with E-state index in [1.165, 1.54) is 19.4 Å². The van der Waals surface area contributed by atoms with Crippen LogP contribution in [0.4, 0.5) is 0 Å². The summed E-state index contributed by atoms with van der Waals surface area (Å²) in [5.41, 5.74) is 6.09. The van der Waals surface area contributed by atoms with E-state index in [-0.39, 0.29) is 18.1 Å². The number of likely N-dealkylation sites (tertiary alicyclic amines) is 1. The van der Waals surface area contributed by atoms with E-state index >= 15 is 0 Å². The lowest BCUT2D eigenvalue weighted by molar-refractivity contribution is -0.173. The Kier molecular flexibility index (Phi) is 3.30. The number of ether oxygens (including phenoxy) is 1. The molecule has 2 heterocycles. The zero-order valence-corrected chi connectivity index (χ0v) is 9.48. The maximum Gasteiger partial charge on any atom is 0.0589 e. The van der Waals surface area contributed by atoms with Gasteiger partial charge in [-0.05, 0) is 32.4 Å². The molecule has 2 unspecified atom stereocenters. The van der Waals surface area contributed by atoms with Gasteiger partial charge in [-0.3, -0.25) is 0 Å². The largest absolute Gasteiger partial charge is 0.395 e. The summed E-state index contributed by atoms with van der Waals surface area (Å²) in [6.45, 7) is 3.81. The standard InChI is InChI=1S/C11H22N2O2/c1-13-4-2-3-9(5-13)11(7-15-8-11)10(12)6-14/h9-10,14H,2-8,12H2,1H3. The van der Waals surface area contributed by atoms with Crippen LogP contribution in [0.2, 0.25) is 0 Å². The summed E-state index contributed by atoms with van der Waals surface area (Å²) in [5, 5.41) is 9.24. The lowest BCUT2D eigenvalue weighted by Crippen LogP contribution is -2.63. The van der Waals surface area contributed by atoms with Crippen LogP contribution >= 0.6 is 0 Å². The molecule has 0 spiro atoms. The van der Waals surface area contributed by atoms with E-state index in [2.05, 4.69) is 11.9 Å². The molecular formula is C11H22N2O2. The van der Waals surface area contributed by atoms with Gasteiger partial charge in [-0.1, -0.05) is 0 Å². The Morgan fingerprint density at radius 3 is 2.80 bits per heavy atom. The molecule has 2 aliphatic heterocycles. The molecule has 4 heteroatoms. The molecule has 3 N–H and O–H groups in total. The minimum atomic E-state index is -0.122. The maximum atomic E-state index is 9.24. The second-order valence-corrected chi connectivity index (χ2v) is 5.12. The van der Waals surface area contributed by atoms with E-state index < -0.39 is 0 Å². The van der Waals surface area contributed by atoms with Crippen LogP contribution in [0, 0.1) is 11.3 Å². The normalized spacial score (nSPS) is 33.4. The number of piperidine rings is 1. The molecule has 2 atom stereocenters. The van der Waals surface area contributed by atoms with Gasteiger partial charge in [0.2, 0.25) is 0 Å². The first-order valence-electron chi connectivity index (χ1n) is 5.82. The number of nitrogens with zero attached hydrogens (tertiary/aromatic N) is 1. The van der Waals surface area contributed by atoms with Crippen LogP contribution in [0.15, 0.2) is 0 Å². The molecule has 0 aromatic heterocycles. The van der Waals surface area contributed by atoms with Crippen LogP contribution in [-0.4, -0.2) is 56.0 Å². The van der Waals surface area contributed by atoms with Crippen LogP contribution in [0.3, 0.4) is 0 Å². The summed E-state index contributed by atoms with van der Waals surface area (Å²) < 4.78 is 5.34. The Labute approximate surface area is 91.4 Å². The van der Waals surface area contributed by atoms with Gasteiger partial charge in [0.1, 0.15) is 0 Å². The van der Waals surface area contributed by atoms with E-state index in [1.54, 1.807) is 0 Å². The van der Waals surface area contributed by atoms with Crippen molar-refractivity contribution in [1.29, 1.82) is 0 Å². The van der Waals surface area contributed by atoms with Crippen molar-refractivity contribution in [3.8, 4) is 0 Å². The van der Waals surface area contributed by atoms with E-state index in [0.29, 0.717) is 5.92 Å². The quantitative estimate of drug-likeness (QED) is 0.675. The molecule has 0 radical (unpaired) electrons. The number of hydrogen-bond acceptors (Lipinski definition) is 4. The highest BCUT2D eigenvalue weighted by Crippen LogP contribution is 2.42. The van der Waals surface area contributed by atoms with Gasteiger partial charge in [0.15, 0.2) is 0 Å². The van der Waals surface area contributed by atoms with Crippen molar-refractivity contribution in [2.24, 2.45) is 17.1 Å². The van der Waals surface area contributed by atoms with Gasteiger partial charge in [-0.25, -0.2) is 0 Å². The lowest BCUT2D eigenvalue weighted by Gasteiger charge is -2.52. The SMILES string of the molecule is CN1CCCC(C2(C(N)CO)COC2)C1. The molecule has 0 bridgehead atoms. The summed E-state index contributed by atoms with van der Waals surface area (Å²) in [7, 11) is 2.16. The molecule has 0 amide bonds. The lowest BCUT2D eigenvalue weighted by atomic mass is 9.66. The summed E-state index contributed by atoms with van der Waals surface area (Å²) in [5.74, 6) is 0.590. The maximum absolute atomic E-state index is 9.24. The molecule has 2 rings (SSSR count). The summed E-state index contributed by atoms with van der Waals surface area (Å²) in [6.07, 6.45) is 2.46. The molecule has 0 aromatic rings. The minimum absolute atomic E-state index is 0.0451. The number of aliphatic hydroxyl groups is 1. The number of rotatable bonds is 3. The van der Waals surface area contributed by atoms with Gasteiger partial charge in [-0.2, -0.15) is 0 Å². The number of hydrogen-bond donors (Lipinski definition) is 2. The van der Waals surface area contributed by atoms with Crippen LogP contribution in [-0.2, 0) is 4.74 Å². The van der Waals surface area contributed by atoms with Crippen molar-refractivity contribution in [3.05, 3.63) is 0 Å². The predicted molar refractivity (Wildman–Crippen MR) is 58.5 cm³/mol. The second-order valence-electron chi connectivity index (χ2n) is 5.12. The van der Waals surface area contributed by atoms with Crippen LogP contribution in [0.25, 0.3) is 0 Å². The molecule has 2 saturated heterocycles. The van der Waals surface area contributed by atoms with E-state index in [1.807, 2.05) is 0 Å². The Hall–Kier alpha value is -0.160. The average Bonchev–Trinajstić information content (AvgIpc) is 2.16. The van der Waals surface area contributed by atoms with Crippen molar-refractivity contribution < 1.29 is 9.84 Å². The molecule has 88 valence electrons. The second kappa shape index (κ2) is 4.37. The van der Waals surface area contributed by atoms with Gasteiger partial charge in [0.25, 0.3) is 0 Å². The third-order valence-corrected chi connectivity index (χ3v) is 4.11. The first-order valence-corrected chi connectivity index (χ1v) is 5.82. The van der Waals surface area contributed by atoms with E-state index in [4.69, 9.17) is 10.5 Å². The van der Waals surface area contributed by atoms with Crippen LogP contribution in [0.5, 0.6) is 0 Å². The summed E-state index contributed by atoms with van der Waals surface area (Å²) in [6, 6.07) is -0.122. The van der Waals surface area contributed by atoms with Gasteiger partial charge in [0.05, 0.1) is 19.8 Å². The van der Waals surface area contributed by atoms with Crippen LogP contribution in [0.1, 0.15) is 12.8 Å². The molecule has 2 fully saturated rings. The first kappa shape index (κ1) is 11.3. The molecule has 2 aliphatic rings. The smallest absolute Gasteiger partial charge is 0.0589 e. The topological polar surface area (TPSA) is 58.7 Å². The highest BCUT2D eigenvalue weighted by molar-refractivity contribution is 5.00. The fourth-order valence-corrected chi connectivity index (χ4v) is 2.91. The fraction of sp³-hybridized carbons (Fsp3) is 1.00. The zero-order valence-electron chi connectivity index (χ0n) is 9.48.